The summed E-state index contributed by atoms with van der Waals surface area (Å²) in [6.45, 7) is 4.65. The molecule has 0 spiro atoms. The van der Waals surface area contributed by atoms with Crippen LogP contribution in [0.1, 0.15) is 206 Å². The molecule has 0 aromatic heterocycles. The van der Waals surface area contributed by atoms with E-state index in [-0.39, 0.29) is 19.1 Å². The smallest absolute Gasteiger partial charge is 0.387 e. The van der Waals surface area contributed by atoms with Gasteiger partial charge in [0, 0.05) is 6.42 Å². The Hall–Kier alpha value is -2.84. The van der Waals surface area contributed by atoms with Crippen molar-refractivity contribution >= 4 is 13.7 Å². The first-order valence-electron chi connectivity index (χ1n) is 27.3. The number of unbranched alkanes of at least 4 members (excludes halogenated alkanes) is 19. The van der Waals surface area contributed by atoms with Crippen molar-refractivity contribution in [3.05, 3.63) is 109 Å². The monoisotopic (exact) mass is 968 g/mol. The fraction of sp³-hybridized carbons (Fsp3) is 0.678. The van der Waals surface area contributed by atoms with Gasteiger partial charge in [0.2, 0.25) is 5.91 Å². The Balaban J connectivity index is 4.41. The SMILES string of the molecule is CC/C=C\C/C=C\C/C=C\C/C=C\C/C=C\C/C=C\CCCCCCCCC(=O)NC(COP(=O)(O)OCC[N+](C)(C)C)C(O)/C=C/CC/C=C/CC/C=C/CCCCCCCCCCCCC. The number of phosphoric ester groups is 1. The van der Waals surface area contributed by atoms with Gasteiger partial charge in [-0.1, -0.05) is 213 Å². The van der Waals surface area contributed by atoms with E-state index in [0.717, 1.165) is 103 Å². The van der Waals surface area contributed by atoms with Crippen LogP contribution < -0.4 is 5.32 Å². The highest BCUT2D eigenvalue weighted by atomic mass is 31.2. The number of quaternary nitrogens is 1. The van der Waals surface area contributed by atoms with Gasteiger partial charge in [-0.2, -0.15) is 0 Å². The summed E-state index contributed by atoms with van der Waals surface area (Å²) in [5.41, 5.74) is 0. The number of nitrogens with one attached hydrogen (secondary N) is 1. The van der Waals surface area contributed by atoms with Crippen LogP contribution in [-0.4, -0.2) is 73.4 Å². The third-order valence-electron chi connectivity index (χ3n) is 11.5. The van der Waals surface area contributed by atoms with Crippen molar-refractivity contribution in [2.45, 2.75) is 219 Å². The van der Waals surface area contributed by atoms with Crippen LogP contribution in [0.3, 0.4) is 0 Å². The van der Waals surface area contributed by atoms with Crippen LogP contribution in [0.4, 0.5) is 0 Å². The van der Waals surface area contributed by atoms with E-state index >= 15 is 0 Å². The number of allylic oxidation sites excluding steroid dienone is 17. The van der Waals surface area contributed by atoms with Gasteiger partial charge in [0.1, 0.15) is 13.2 Å². The Morgan fingerprint density at radius 3 is 1.35 bits per heavy atom. The molecule has 0 aromatic rings. The molecule has 390 valence electrons. The van der Waals surface area contributed by atoms with Crippen molar-refractivity contribution in [1.82, 2.24) is 5.32 Å². The van der Waals surface area contributed by atoms with E-state index in [4.69, 9.17) is 9.05 Å². The van der Waals surface area contributed by atoms with Gasteiger partial charge in [-0.05, 0) is 96.3 Å². The Kier molecular flexibility index (Phi) is 47.1. The second kappa shape index (κ2) is 49.2. The molecule has 0 heterocycles. The molecule has 0 bridgehead atoms. The molecule has 3 unspecified atom stereocenters. The summed E-state index contributed by atoms with van der Waals surface area (Å²) in [6, 6.07) is -0.886. The van der Waals surface area contributed by atoms with Gasteiger partial charge in [-0.15, -0.1) is 0 Å². The maximum absolute atomic E-state index is 13.0. The van der Waals surface area contributed by atoms with Gasteiger partial charge in [-0.25, -0.2) is 4.57 Å². The molecule has 0 saturated heterocycles. The number of nitrogens with zero attached hydrogens (tertiary/aromatic N) is 1. The van der Waals surface area contributed by atoms with Crippen LogP contribution >= 0.6 is 7.82 Å². The summed E-state index contributed by atoms with van der Waals surface area (Å²) in [6.07, 6.45) is 71.8. The highest BCUT2D eigenvalue weighted by molar-refractivity contribution is 7.47. The molecule has 0 radical (unpaired) electrons. The predicted octanol–water partition coefficient (Wildman–Crippen LogP) is 16.4. The highest BCUT2D eigenvalue weighted by Gasteiger charge is 2.27. The van der Waals surface area contributed by atoms with Crippen LogP contribution in [-0.2, 0) is 18.4 Å². The van der Waals surface area contributed by atoms with Gasteiger partial charge in [0.15, 0.2) is 0 Å². The average Bonchev–Trinajstić information content (AvgIpc) is 3.30. The van der Waals surface area contributed by atoms with E-state index in [9.17, 15) is 19.4 Å². The number of amides is 1. The number of rotatable bonds is 48. The summed E-state index contributed by atoms with van der Waals surface area (Å²) in [4.78, 5) is 23.3. The first-order chi connectivity index (χ1) is 33.0. The van der Waals surface area contributed by atoms with Crippen molar-refractivity contribution in [2.75, 3.05) is 40.9 Å². The lowest BCUT2D eigenvalue weighted by Gasteiger charge is -2.25. The van der Waals surface area contributed by atoms with Crippen molar-refractivity contribution in [3.63, 3.8) is 0 Å². The molecule has 0 aromatic carbocycles. The lowest BCUT2D eigenvalue weighted by Crippen LogP contribution is -2.45. The average molecular weight is 968 g/mol. The van der Waals surface area contributed by atoms with Crippen molar-refractivity contribution in [2.24, 2.45) is 0 Å². The van der Waals surface area contributed by atoms with Crippen molar-refractivity contribution in [1.29, 1.82) is 0 Å². The van der Waals surface area contributed by atoms with Crippen molar-refractivity contribution in [3.8, 4) is 0 Å². The van der Waals surface area contributed by atoms with E-state index in [1.54, 1.807) is 6.08 Å². The summed E-state index contributed by atoms with van der Waals surface area (Å²) in [7, 11) is 1.52. The van der Waals surface area contributed by atoms with Gasteiger partial charge in [0.25, 0.3) is 0 Å². The van der Waals surface area contributed by atoms with Gasteiger partial charge in [-0.3, -0.25) is 13.8 Å². The minimum absolute atomic E-state index is 0.0442. The van der Waals surface area contributed by atoms with E-state index < -0.39 is 20.0 Å². The Morgan fingerprint density at radius 2 is 0.897 bits per heavy atom. The van der Waals surface area contributed by atoms with Crippen LogP contribution in [0.5, 0.6) is 0 Å². The Labute approximate surface area is 419 Å². The molecule has 9 heteroatoms. The third kappa shape index (κ3) is 51.0. The molecule has 0 aliphatic heterocycles. The molecule has 0 fully saturated rings. The largest absolute Gasteiger partial charge is 0.472 e. The van der Waals surface area contributed by atoms with Gasteiger partial charge < -0.3 is 19.8 Å². The van der Waals surface area contributed by atoms with E-state index in [2.05, 4.69) is 116 Å². The molecule has 3 atom stereocenters. The molecule has 8 nitrogen and oxygen atoms in total. The lowest BCUT2D eigenvalue weighted by atomic mass is 10.1. The number of likely N-dealkylation sites (N-methyl/N-ethyl adjacent to an activating group) is 1. The summed E-state index contributed by atoms with van der Waals surface area (Å²) in [5.74, 6) is -0.210. The topological polar surface area (TPSA) is 105 Å². The van der Waals surface area contributed by atoms with Crippen LogP contribution in [0.2, 0.25) is 0 Å². The molecular formula is C59H104N2O6P+. The predicted molar refractivity (Wildman–Crippen MR) is 295 cm³/mol. The van der Waals surface area contributed by atoms with E-state index in [1.165, 1.54) is 83.5 Å². The standard InChI is InChI=1S/C59H103N2O6P/c1-6-8-10-12-14-16-18-20-22-24-26-28-29-30-31-33-35-37-39-41-43-45-47-49-51-53-59(63)60-57(56-67-68(64,65)66-55-54-61(3,4)5)58(62)52-50-48-46-44-42-40-38-36-34-32-27-25-23-21-19-17-15-13-11-9-7-2/h8,10,14,16,20,22,26,28,30-31,34-37,42,44,50,52,57-58,62H,6-7,9,11-13,15,17-19,21,23-25,27,29,32-33,38-41,43,45-49,51,53-56H2,1-5H3,(H-,60,63,64,65)/p+1/b10-8-,16-14-,22-20-,28-26-,31-30-,36-34+,37-35-,44-42+,52-50+. The lowest BCUT2D eigenvalue weighted by molar-refractivity contribution is -0.870. The summed E-state index contributed by atoms with van der Waals surface area (Å²) >= 11 is 0. The third-order valence-corrected chi connectivity index (χ3v) is 12.4. The second-order valence-corrected chi connectivity index (χ2v) is 20.7. The maximum Gasteiger partial charge on any atom is 0.472 e. The number of hydrogen-bond donors (Lipinski definition) is 3. The first-order valence-corrected chi connectivity index (χ1v) is 28.8. The number of aliphatic hydroxyl groups is 1. The minimum Gasteiger partial charge on any atom is -0.387 e. The zero-order valence-electron chi connectivity index (χ0n) is 44.3. The van der Waals surface area contributed by atoms with Crippen LogP contribution in [0.15, 0.2) is 109 Å². The number of hydrogen-bond acceptors (Lipinski definition) is 5. The molecule has 3 N–H and O–H groups in total. The minimum atomic E-state index is -4.37. The van der Waals surface area contributed by atoms with Crippen LogP contribution in [0.25, 0.3) is 0 Å². The summed E-state index contributed by atoms with van der Waals surface area (Å²) in [5, 5.41) is 13.9. The summed E-state index contributed by atoms with van der Waals surface area (Å²) < 4.78 is 23.6. The zero-order valence-corrected chi connectivity index (χ0v) is 45.2. The maximum atomic E-state index is 13.0. The van der Waals surface area contributed by atoms with Gasteiger partial charge in [0.05, 0.1) is 39.9 Å². The normalized spacial score (nSPS) is 14.9. The number of aliphatic hydroxyl groups excluding tert-OH is 1. The molecule has 68 heavy (non-hydrogen) atoms. The van der Waals surface area contributed by atoms with Crippen molar-refractivity contribution < 1.29 is 32.9 Å². The van der Waals surface area contributed by atoms with Crippen LogP contribution in [0, 0.1) is 0 Å². The number of carbonyl (C=O) groups is 1. The molecule has 0 saturated carbocycles. The second-order valence-electron chi connectivity index (χ2n) is 19.2. The molecule has 0 aliphatic carbocycles. The van der Waals surface area contributed by atoms with E-state index in [1.807, 2.05) is 27.2 Å². The number of carbonyl (C=O) groups excluding carboxylic acids is 1. The van der Waals surface area contributed by atoms with E-state index in [0.29, 0.717) is 17.4 Å². The molecule has 0 aliphatic rings. The Bertz CT molecular complexity index is 1470. The quantitative estimate of drug-likeness (QED) is 0.0243. The zero-order chi connectivity index (χ0) is 49.9. The fourth-order valence-electron chi connectivity index (χ4n) is 7.19. The first kappa shape index (κ1) is 65.2. The molecule has 1 amide bonds. The fourth-order valence-corrected chi connectivity index (χ4v) is 7.93. The van der Waals surface area contributed by atoms with Gasteiger partial charge >= 0.3 is 7.82 Å². The molecule has 0 rings (SSSR count). The molecular weight excluding hydrogens is 864 g/mol. The Morgan fingerprint density at radius 1 is 0.515 bits per heavy atom. The number of phosphoric acid groups is 1. The highest BCUT2D eigenvalue weighted by Crippen LogP contribution is 2.43.